The van der Waals surface area contributed by atoms with Crippen LogP contribution in [0.4, 0.5) is 5.82 Å². The van der Waals surface area contributed by atoms with Crippen LogP contribution < -0.4 is 5.32 Å². The molecule has 0 aliphatic heterocycles. The molecule has 0 saturated carbocycles. The van der Waals surface area contributed by atoms with Crippen LogP contribution in [0.25, 0.3) is 22.6 Å². The molecule has 7 nitrogen and oxygen atoms in total. The van der Waals surface area contributed by atoms with E-state index in [2.05, 4.69) is 22.6 Å². The fourth-order valence-corrected chi connectivity index (χ4v) is 4.74. The van der Waals surface area contributed by atoms with Crippen LogP contribution >= 0.6 is 11.3 Å². The van der Waals surface area contributed by atoms with Gasteiger partial charge in [0.05, 0.1) is 16.8 Å². The number of ether oxygens (including phenoxy) is 1. The predicted octanol–water partition coefficient (Wildman–Crippen LogP) is 5.27. The number of rotatable bonds is 5. The number of benzene rings is 1. The SMILES string of the molecule is Cc1cc(NC(=O)COC(=O)c2c3c(nc4ccccc24)/C(=C/c2cccs2)CCC3)no1. The van der Waals surface area contributed by atoms with Gasteiger partial charge in [0.2, 0.25) is 0 Å². The molecule has 1 aliphatic carbocycles. The van der Waals surface area contributed by atoms with Gasteiger partial charge in [0.1, 0.15) is 5.76 Å². The number of aromatic nitrogens is 2. The third kappa shape index (κ3) is 4.42. The number of fused-ring (bicyclic) bond motifs is 2. The molecule has 1 aliphatic rings. The van der Waals surface area contributed by atoms with Gasteiger partial charge in [0.25, 0.3) is 5.91 Å². The average molecular weight is 460 g/mol. The summed E-state index contributed by atoms with van der Waals surface area (Å²) in [6.45, 7) is 1.30. The Kier molecular flexibility index (Phi) is 5.75. The number of nitrogens with one attached hydrogen (secondary N) is 1. The first-order chi connectivity index (χ1) is 16.1. The highest BCUT2D eigenvalue weighted by molar-refractivity contribution is 7.10. The molecule has 3 heterocycles. The molecule has 1 amide bonds. The Balaban J connectivity index is 1.47. The second kappa shape index (κ2) is 8.99. The number of aryl methyl sites for hydroxylation is 1. The van der Waals surface area contributed by atoms with E-state index in [-0.39, 0.29) is 5.82 Å². The first kappa shape index (κ1) is 21.1. The molecule has 0 fully saturated rings. The zero-order chi connectivity index (χ0) is 22.8. The van der Waals surface area contributed by atoms with Crippen molar-refractivity contribution in [1.82, 2.24) is 10.1 Å². The lowest BCUT2D eigenvalue weighted by Crippen LogP contribution is -2.22. The molecule has 4 aromatic rings. The van der Waals surface area contributed by atoms with Gasteiger partial charge in [-0.15, -0.1) is 11.3 Å². The Labute approximate surface area is 194 Å². The van der Waals surface area contributed by atoms with Gasteiger partial charge in [-0.25, -0.2) is 9.78 Å². The van der Waals surface area contributed by atoms with Crippen LogP contribution in [0.1, 0.15) is 45.1 Å². The maximum absolute atomic E-state index is 13.2. The summed E-state index contributed by atoms with van der Waals surface area (Å²) in [4.78, 5) is 31.5. The molecular formula is C25H21N3O4S. The minimum atomic E-state index is -0.534. The van der Waals surface area contributed by atoms with Crippen molar-refractivity contribution in [3.63, 3.8) is 0 Å². The molecule has 0 bridgehead atoms. The second-order valence-corrected chi connectivity index (χ2v) is 8.80. The minimum Gasteiger partial charge on any atom is -0.452 e. The normalized spacial score (nSPS) is 14.3. The fraction of sp³-hybridized carbons (Fsp3) is 0.200. The van der Waals surface area contributed by atoms with E-state index in [1.54, 1.807) is 24.3 Å². The van der Waals surface area contributed by atoms with E-state index in [1.165, 1.54) is 0 Å². The van der Waals surface area contributed by atoms with Crippen molar-refractivity contribution >= 4 is 51.6 Å². The summed E-state index contributed by atoms with van der Waals surface area (Å²) in [6, 6.07) is 13.2. The zero-order valence-electron chi connectivity index (χ0n) is 18.0. The Morgan fingerprint density at radius 2 is 2.09 bits per heavy atom. The van der Waals surface area contributed by atoms with Crippen molar-refractivity contribution < 1.29 is 18.8 Å². The molecule has 0 radical (unpaired) electrons. The molecule has 1 aromatic carbocycles. The van der Waals surface area contributed by atoms with Crippen LogP contribution in [-0.4, -0.2) is 28.6 Å². The standard InChI is InChI=1S/C25H21N3O4S/c1-15-12-21(28-32-15)27-22(29)14-31-25(30)23-18-8-2-3-10-20(18)26-24-16(6-4-9-19(23)24)13-17-7-5-11-33-17/h2-3,5,7-8,10-13H,4,6,9,14H2,1H3,(H,27,28,29)/b16-13+. The highest BCUT2D eigenvalue weighted by Gasteiger charge is 2.26. The lowest BCUT2D eigenvalue weighted by atomic mass is 9.86. The molecule has 3 aromatic heterocycles. The van der Waals surface area contributed by atoms with Gasteiger partial charge in [0, 0.05) is 16.3 Å². The Morgan fingerprint density at radius 1 is 1.21 bits per heavy atom. The highest BCUT2D eigenvalue weighted by atomic mass is 32.1. The van der Waals surface area contributed by atoms with Crippen LogP contribution in [0.2, 0.25) is 0 Å². The largest absolute Gasteiger partial charge is 0.452 e. The van der Waals surface area contributed by atoms with E-state index in [0.717, 1.165) is 51.9 Å². The van der Waals surface area contributed by atoms with Gasteiger partial charge in [-0.1, -0.05) is 29.4 Å². The maximum Gasteiger partial charge on any atom is 0.339 e. The van der Waals surface area contributed by atoms with Crippen molar-refractivity contribution in [2.75, 3.05) is 11.9 Å². The van der Waals surface area contributed by atoms with Gasteiger partial charge < -0.3 is 14.6 Å². The first-order valence-electron chi connectivity index (χ1n) is 10.6. The molecule has 0 atom stereocenters. The van der Waals surface area contributed by atoms with Crippen molar-refractivity contribution in [2.24, 2.45) is 0 Å². The highest BCUT2D eigenvalue weighted by Crippen LogP contribution is 2.36. The Hall–Kier alpha value is -3.78. The van der Waals surface area contributed by atoms with Gasteiger partial charge in [-0.2, -0.15) is 0 Å². The number of nitrogens with zero attached hydrogens (tertiary/aromatic N) is 2. The zero-order valence-corrected chi connectivity index (χ0v) is 18.8. The molecule has 5 rings (SSSR count). The van der Waals surface area contributed by atoms with Crippen LogP contribution in [0.15, 0.2) is 52.4 Å². The smallest absolute Gasteiger partial charge is 0.339 e. The monoisotopic (exact) mass is 459 g/mol. The van der Waals surface area contributed by atoms with Crippen LogP contribution in [-0.2, 0) is 16.0 Å². The van der Waals surface area contributed by atoms with Crippen LogP contribution in [0.3, 0.4) is 0 Å². The van der Waals surface area contributed by atoms with E-state index >= 15 is 0 Å². The van der Waals surface area contributed by atoms with Crippen LogP contribution in [0.5, 0.6) is 0 Å². The van der Waals surface area contributed by atoms with Crippen molar-refractivity contribution in [2.45, 2.75) is 26.2 Å². The van der Waals surface area contributed by atoms with Crippen molar-refractivity contribution in [3.05, 3.63) is 75.3 Å². The lowest BCUT2D eigenvalue weighted by molar-refractivity contribution is -0.119. The third-order valence-corrected chi connectivity index (χ3v) is 6.28. The number of anilines is 1. The van der Waals surface area contributed by atoms with Crippen molar-refractivity contribution in [3.8, 4) is 0 Å². The molecule has 0 saturated heterocycles. The number of esters is 1. The molecule has 166 valence electrons. The van der Waals surface area contributed by atoms with Crippen molar-refractivity contribution in [1.29, 1.82) is 0 Å². The van der Waals surface area contributed by atoms with Gasteiger partial charge in [-0.05, 0) is 60.9 Å². The molecule has 0 unspecified atom stereocenters. The number of hydrogen-bond acceptors (Lipinski definition) is 7. The first-order valence-corrected chi connectivity index (χ1v) is 11.5. The summed E-state index contributed by atoms with van der Waals surface area (Å²) in [6.07, 6.45) is 4.68. The topological polar surface area (TPSA) is 94.3 Å². The van der Waals surface area contributed by atoms with E-state index in [9.17, 15) is 9.59 Å². The third-order valence-electron chi connectivity index (χ3n) is 5.46. The summed E-state index contributed by atoms with van der Waals surface area (Å²) < 4.78 is 10.4. The maximum atomic E-state index is 13.2. The average Bonchev–Trinajstić information content (AvgIpc) is 3.48. The van der Waals surface area contributed by atoms with Gasteiger partial charge in [0.15, 0.2) is 12.4 Å². The number of allylic oxidation sites excluding steroid dienone is 1. The number of hydrogen-bond donors (Lipinski definition) is 1. The molecule has 1 N–H and O–H groups in total. The van der Waals surface area contributed by atoms with E-state index in [1.807, 2.05) is 35.7 Å². The predicted molar refractivity (Wildman–Crippen MR) is 127 cm³/mol. The van der Waals surface area contributed by atoms with E-state index in [0.29, 0.717) is 11.3 Å². The summed E-state index contributed by atoms with van der Waals surface area (Å²) in [5, 5.41) is 9.04. The molecule has 33 heavy (non-hydrogen) atoms. The number of thiophene rings is 1. The van der Waals surface area contributed by atoms with Gasteiger partial charge in [-0.3, -0.25) is 4.79 Å². The minimum absolute atomic E-state index is 0.281. The number of para-hydroxylation sites is 1. The number of carbonyl (C=O) groups is 2. The molecular weight excluding hydrogens is 438 g/mol. The summed E-state index contributed by atoms with van der Waals surface area (Å²) in [5.41, 5.74) is 4.03. The number of amides is 1. The molecule has 8 heteroatoms. The second-order valence-electron chi connectivity index (χ2n) is 7.82. The van der Waals surface area contributed by atoms with Gasteiger partial charge >= 0.3 is 5.97 Å². The summed E-state index contributed by atoms with van der Waals surface area (Å²) in [7, 11) is 0. The summed E-state index contributed by atoms with van der Waals surface area (Å²) >= 11 is 1.67. The summed E-state index contributed by atoms with van der Waals surface area (Å²) in [5.74, 6) is -0.164. The van der Waals surface area contributed by atoms with Crippen LogP contribution in [0, 0.1) is 6.92 Å². The van der Waals surface area contributed by atoms with E-state index in [4.69, 9.17) is 14.2 Å². The quantitative estimate of drug-likeness (QED) is 0.409. The fourth-order valence-electron chi connectivity index (χ4n) is 4.06. The Bertz CT molecular complexity index is 1370. The Morgan fingerprint density at radius 3 is 2.88 bits per heavy atom. The number of pyridine rings is 1. The number of carbonyl (C=O) groups excluding carboxylic acids is 2. The van der Waals surface area contributed by atoms with E-state index < -0.39 is 18.5 Å². The lowest BCUT2D eigenvalue weighted by Gasteiger charge is -2.22. The molecule has 0 spiro atoms.